The average Bonchev–Trinajstić information content (AvgIpc) is 2.55. The molecule has 1 amide bonds. The van der Waals surface area contributed by atoms with E-state index in [2.05, 4.69) is 17.9 Å². The van der Waals surface area contributed by atoms with Gasteiger partial charge in [0.2, 0.25) is 5.91 Å². The summed E-state index contributed by atoms with van der Waals surface area (Å²) in [5.74, 6) is -0.199. The number of carbonyl (C=O) groups is 1. The van der Waals surface area contributed by atoms with Crippen molar-refractivity contribution in [3.8, 4) is 0 Å². The van der Waals surface area contributed by atoms with Gasteiger partial charge in [-0.2, -0.15) is 0 Å². The second-order valence-corrected chi connectivity index (χ2v) is 6.98. The van der Waals surface area contributed by atoms with Crippen molar-refractivity contribution in [2.75, 3.05) is 11.9 Å². The minimum absolute atomic E-state index is 0.114. The first-order valence-electron chi connectivity index (χ1n) is 7.37. The maximum Gasteiger partial charge on any atom is 0.238 e. The first kappa shape index (κ1) is 19.1. The molecule has 3 nitrogen and oxygen atoms in total. The molecule has 0 heterocycles. The molecule has 0 fully saturated rings. The Bertz CT molecular complexity index is 756. The highest BCUT2D eigenvalue weighted by Gasteiger charge is 2.13. The van der Waals surface area contributed by atoms with Crippen LogP contribution in [-0.4, -0.2) is 12.5 Å². The molecule has 24 heavy (non-hydrogen) atoms. The zero-order valence-electron chi connectivity index (χ0n) is 13.1. The SMILES string of the molecule is CCc1cc(SCc2c(Cl)cccc2NC(=O)CN)c(F)cc1S. The number of amides is 1. The zero-order chi connectivity index (χ0) is 17.7. The van der Waals surface area contributed by atoms with Gasteiger partial charge in [0.1, 0.15) is 5.82 Å². The number of benzene rings is 2. The smallest absolute Gasteiger partial charge is 0.238 e. The van der Waals surface area contributed by atoms with Gasteiger partial charge in [0.05, 0.1) is 6.54 Å². The largest absolute Gasteiger partial charge is 0.325 e. The molecule has 2 aromatic carbocycles. The number of aryl methyl sites for hydroxylation is 1. The molecule has 2 aromatic rings. The number of carbonyl (C=O) groups excluding carboxylic acids is 1. The van der Waals surface area contributed by atoms with Crippen LogP contribution >= 0.6 is 36.0 Å². The maximum atomic E-state index is 14.1. The van der Waals surface area contributed by atoms with Crippen LogP contribution in [0.5, 0.6) is 0 Å². The number of halogens is 2. The summed E-state index contributed by atoms with van der Waals surface area (Å²) in [6, 6.07) is 8.46. The third-order valence-electron chi connectivity index (χ3n) is 3.46. The Hall–Kier alpha value is -1.21. The topological polar surface area (TPSA) is 55.1 Å². The monoisotopic (exact) mass is 384 g/mol. The van der Waals surface area contributed by atoms with E-state index in [1.54, 1.807) is 24.3 Å². The van der Waals surface area contributed by atoms with Crippen LogP contribution in [0.1, 0.15) is 18.1 Å². The van der Waals surface area contributed by atoms with Gasteiger partial charge in [-0.05, 0) is 36.2 Å². The van der Waals surface area contributed by atoms with Gasteiger partial charge in [0.15, 0.2) is 0 Å². The minimum Gasteiger partial charge on any atom is -0.325 e. The number of anilines is 1. The molecule has 128 valence electrons. The summed E-state index contributed by atoms with van der Waals surface area (Å²) in [6.07, 6.45) is 0.774. The molecule has 0 aliphatic heterocycles. The van der Waals surface area contributed by atoms with Crippen molar-refractivity contribution in [1.82, 2.24) is 0 Å². The molecule has 0 saturated carbocycles. The zero-order valence-corrected chi connectivity index (χ0v) is 15.6. The Balaban J connectivity index is 2.25. The Labute approximate surface area is 155 Å². The van der Waals surface area contributed by atoms with Gasteiger partial charge < -0.3 is 11.1 Å². The number of nitrogens with two attached hydrogens (primary N) is 1. The summed E-state index contributed by atoms with van der Waals surface area (Å²) in [5.41, 5.74) is 7.64. The highest BCUT2D eigenvalue weighted by molar-refractivity contribution is 7.98. The lowest BCUT2D eigenvalue weighted by molar-refractivity contribution is -0.114. The van der Waals surface area contributed by atoms with E-state index >= 15 is 0 Å². The van der Waals surface area contributed by atoms with Crippen molar-refractivity contribution in [3.05, 3.63) is 52.3 Å². The van der Waals surface area contributed by atoms with Gasteiger partial charge in [0.25, 0.3) is 0 Å². The molecule has 0 aliphatic carbocycles. The van der Waals surface area contributed by atoms with E-state index in [0.717, 1.165) is 17.5 Å². The molecule has 0 spiro atoms. The molecule has 0 radical (unpaired) electrons. The van der Waals surface area contributed by atoms with Crippen LogP contribution in [0.15, 0.2) is 40.1 Å². The maximum absolute atomic E-state index is 14.1. The molecule has 0 saturated heterocycles. The first-order valence-corrected chi connectivity index (χ1v) is 9.18. The predicted molar refractivity (Wildman–Crippen MR) is 102 cm³/mol. The van der Waals surface area contributed by atoms with Gasteiger partial charge in [-0.3, -0.25) is 4.79 Å². The molecule has 0 atom stereocenters. The van der Waals surface area contributed by atoms with E-state index in [1.807, 2.05) is 6.92 Å². The summed E-state index contributed by atoms with van der Waals surface area (Å²) in [4.78, 5) is 12.7. The summed E-state index contributed by atoms with van der Waals surface area (Å²) in [5, 5.41) is 3.23. The molecule has 0 aliphatic rings. The fraction of sp³-hybridized carbons (Fsp3) is 0.235. The Morgan fingerprint density at radius 1 is 1.42 bits per heavy atom. The first-order chi connectivity index (χ1) is 11.5. The van der Waals surface area contributed by atoms with E-state index in [4.69, 9.17) is 17.3 Å². The Morgan fingerprint density at radius 3 is 2.83 bits per heavy atom. The summed E-state index contributed by atoms with van der Waals surface area (Å²) >= 11 is 11.9. The van der Waals surface area contributed by atoms with Crippen molar-refractivity contribution in [2.45, 2.75) is 28.9 Å². The van der Waals surface area contributed by atoms with E-state index in [0.29, 0.717) is 26.3 Å². The van der Waals surface area contributed by atoms with Crippen LogP contribution in [-0.2, 0) is 17.0 Å². The lowest BCUT2D eigenvalue weighted by atomic mass is 10.2. The molecule has 0 aromatic heterocycles. The van der Waals surface area contributed by atoms with E-state index in [9.17, 15) is 9.18 Å². The predicted octanol–water partition coefficient (Wildman–Crippen LogP) is 4.52. The molecule has 2 rings (SSSR count). The number of rotatable bonds is 6. The highest BCUT2D eigenvalue weighted by Crippen LogP contribution is 2.34. The molecular weight excluding hydrogens is 367 g/mol. The van der Waals surface area contributed by atoms with Crippen LogP contribution in [0.25, 0.3) is 0 Å². The summed E-state index contributed by atoms with van der Waals surface area (Å²) in [6.45, 7) is 1.88. The van der Waals surface area contributed by atoms with Crippen LogP contribution in [0.3, 0.4) is 0 Å². The van der Waals surface area contributed by atoms with Crippen LogP contribution in [0, 0.1) is 5.82 Å². The standard InChI is InChI=1S/C17H18ClFN2OS2/c1-2-10-6-16(13(19)7-15(10)23)24-9-11-12(18)4-3-5-14(11)21-17(22)8-20/h3-7,23H,2,8-9,20H2,1H3,(H,21,22). The summed E-state index contributed by atoms with van der Waals surface area (Å²) < 4.78 is 14.1. The van der Waals surface area contributed by atoms with Crippen molar-refractivity contribution in [3.63, 3.8) is 0 Å². The number of thioether (sulfide) groups is 1. The minimum atomic E-state index is -0.318. The fourth-order valence-corrected chi connectivity index (χ4v) is 3.84. The van der Waals surface area contributed by atoms with Crippen molar-refractivity contribution in [2.24, 2.45) is 5.73 Å². The van der Waals surface area contributed by atoms with Crippen LogP contribution in [0.2, 0.25) is 5.02 Å². The number of nitrogens with one attached hydrogen (secondary N) is 1. The normalized spacial score (nSPS) is 10.7. The Kier molecular flexibility index (Phi) is 6.98. The van der Waals surface area contributed by atoms with Gasteiger partial charge >= 0.3 is 0 Å². The second kappa shape index (κ2) is 8.76. The van der Waals surface area contributed by atoms with Gasteiger partial charge in [-0.15, -0.1) is 24.4 Å². The van der Waals surface area contributed by atoms with Gasteiger partial charge in [-0.25, -0.2) is 4.39 Å². The summed E-state index contributed by atoms with van der Waals surface area (Å²) in [7, 11) is 0. The van der Waals surface area contributed by atoms with Crippen molar-refractivity contribution >= 4 is 47.6 Å². The molecule has 0 bridgehead atoms. The van der Waals surface area contributed by atoms with Crippen LogP contribution in [0.4, 0.5) is 10.1 Å². The van der Waals surface area contributed by atoms with Crippen molar-refractivity contribution < 1.29 is 9.18 Å². The number of hydrogen-bond donors (Lipinski definition) is 3. The van der Waals surface area contributed by atoms with Gasteiger partial charge in [0, 0.05) is 31.8 Å². The quantitative estimate of drug-likeness (QED) is 0.507. The lowest BCUT2D eigenvalue weighted by Gasteiger charge is -2.13. The highest BCUT2D eigenvalue weighted by atomic mass is 35.5. The van der Waals surface area contributed by atoms with Crippen LogP contribution < -0.4 is 11.1 Å². The molecular formula is C17H18ClFN2OS2. The fourth-order valence-electron chi connectivity index (χ4n) is 2.15. The molecule has 3 N–H and O–H groups in total. The van der Waals surface area contributed by atoms with E-state index < -0.39 is 0 Å². The van der Waals surface area contributed by atoms with E-state index in [-0.39, 0.29) is 18.3 Å². The van der Waals surface area contributed by atoms with E-state index in [1.165, 1.54) is 17.8 Å². The number of hydrogen-bond acceptors (Lipinski definition) is 4. The van der Waals surface area contributed by atoms with Crippen molar-refractivity contribution in [1.29, 1.82) is 0 Å². The second-order valence-electron chi connectivity index (χ2n) is 5.07. The Morgan fingerprint density at radius 2 is 2.17 bits per heavy atom. The third kappa shape index (κ3) is 4.66. The number of thiol groups is 1. The molecule has 7 heteroatoms. The lowest BCUT2D eigenvalue weighted by Crippen LogP contribution is -2.22. The van der Waals surface area contributed by atoms with Gasteiger partial charge in [-0.1, -0.05) is 24.6 Å². The average molecular weight is 385 g/mol. The third-order valence-corrected chi connectivity index (χ3v) is 5.29. The molecule has 0 unspecified atom stereocenters.